The second kappa shape index (κ2) is 8.18. The maximum atomic E-state index is 2.64. The van der Waals surface area contributed by atoms with Crippen molar-refractivity contribution in [2.24, 2.45) is 41.4 Å². The molecule has 0 amide bonds. The van der Waals surface area contributed by atoms with Gasteiger partial charge in [0.25, 0.3) is 0 Å². The first-order valence-electron chi connectivity index (χ1n) is 10.1. The van der Waals surface area contributed by atoms with E-state index in [0.29, 0.717) is 0 Å². The Morgan fingerprint density at radius 2 is 1.68 bits per heavy atom. The molecular formula is C21H41N. The number of rotatable bonds is 9. The van der Waals surface area contributed by atoms with Crippen molar-refractivity contribution in [3.8, 4) is 0 Å². The van der Waals surface area contributed by atoms with Gasteiger partial charge >= 0.3 is 0 Å². The van der Waals surface area contributed by atoms with Gasteiger partial charge in [-0.2, -0.15) is 0 Å². The monoisotopic (exact) mass is 307 g/mol. The second-order valence-electron chi connectivity index (χ2n) is 9.31. The van der Waals surface area contributed by atoms with Crippen molar-refractivity contribution in [3.63, 3.8) is 0 Å². The SMILES string of the molecule is CC(C)C(C)C(CC1CCC1)C(C)CN(C)CC1CCC1C. The molecule has 2 rings (SSSR count). The van der Waals surface area contributed by atoms with Crippen molar-refractivity contribution >= 4 is 0 Å². The minimum Gasteiger partial charge on any atom is -0.306 e. The fraction of sp³-hybridized carbons (Fsp3) is 1.00. The fourth-order valence-electron chi connectivity index (χ4n) is 4.68. The molecule has 2 fully saturated rings. The summed E-state index contributed by atoms with van der Waals surface area (Å²) in [6, 6.07) is 0. The topological polar surface area (TPSA) is 3.24 Å². The summed E-state index contributed by atoms with van der Waals surface area (Å²) >= 11 is 0. The van der Waals surface area contributed by atoms with Crippen LogP contribution in [-0.4, -0.2) is 25.0 Å². The summed E-state index contributed by atoms with van der Waals surface area (Å²) in [4.78, 5) is 2.64. The van der Waals surface area contributed by atoms with Gasteiger partial charge in [-0.3, -0.25) is 0 Å². The zero-order valence-corrected chi connectivity index (χ0v) is 16.1. The van der Waals surface area contributed by atoms with E-state index in [1.807, 2.05) is 0 Å². The molecule has 2 aliphatic rings. The van der Waals surface area contributed by atoms with Crippen LogP contribution in [0, 0.1) is 41.4 Å². The summed E-state index contributed by atoms with van der Waals surface area (Å²) in [5.41, 5.74) is 0. The molecule has 0 saturated heterocycles. The first-order valence-corrected chi connectivity index (χ1v) is 10.1. The van der Waals surface area contributed by atoms with E-state index in [2.05, 4.69) is 46.6 Å². The molecule has 0 aromatic rings. The van der Waals surface area contributed by atoms with Gasteiger partial charge in [0.2, 0.25) is 0 Å². The molecule has 5 atom stereocenters. The number of nitrogens with zero attached hydrogens (tertiary/aromatic N) is 1. The average Bonchev–Trinajstić information content (AvgIpc) is 2.41. The summed E-state index contributed by atoms with van der Waals surface area (Å²) in [6.07, 6.45) is 8.92. The van der Waals surface area contributed by atoms with Gasteiger partial charge in [-0.1, -0.05) is 60.3 Å². The summed E-state index contributed by atoms with van der Waals surface area (Å²) < 4.78 is 0. The molecule has 130 valence electrons. The maximum absolute atomic E-state index is 2.64. The Kier molecular flexibility index (Phi) is 6.80. The standard InChI is InChI=1S/C21H41N/c1-15(2)18(5)21(12-19-8-7-9-19)17(4)13-22(6)14-20-11-10-16(20)3/h15-21H,7-14H2,1-6H3. The highest BCUT2D eigenvalue weighted by Gasteiger charge is 2.32. The van der Waals surface area contributed by atoms with E-state index in [-0.39, 0.29) is 0 Å². The van der Waals surface area contributed by atoms with Crippen LogP contribution in [0.25, 0.3) is 0 Å². The summed E-state index contributed by atoms with van der Waals surface area (Å²) in [5, 5.41) is 0. The minimum absolute atomic E-state index is 0.824. The fourth-order valence-corrected chi connectivity index (χ4v) is 4.68. The molecule has 2 aliphatic carbocycles. The number of hydrogen-bond donors (Lipinski definition) is 0. The summed E-state index contributed by atoms with van der Waals surface area (Å²) in [6.45, 7) is 15.0. The van der Waals surface area contributed by atoms with Crippen LogP contribution in [0.3, 0.4) is 0 Å². The van der Waals surface area contributed by atoms with Crippen molar-refractivity contribution in [1.82, 2.24) is 4.90 Å². The maximum Gasteiger partial charge on any atom is 0.000927 e. The summed E-state index contributed by atoms with van der Waals surface area (Å²) in [7, 11) is 2.36. The van der Waals surface area contributed by atoms with Crippen LogP contribution in [0.4, 0.5) is 0 Å². The van der Waals surface area contributed by atoms with Gasteiger partial charge in [-0.25, -0.2) is 0 Å². The Balaban J connectivity index is 1.84. The third-order valence-electron chi connectivity index (χ3n) is 7.23. The van der Waals surface area contributed by atoms with Crippen LogP contribution in [0.15, 0.2) is 0 Å². The molecule has 0 spiro atoms. The third-order valence-corrected chi connectivity index (χ3v) is 7.23. The largest absolute Gasteiger partial charge is 0.306 e. The van der Waals surface area contributed by atoms with Gasteiger partial charge < -0.3 is 4.90 Å². The van der Waals surface area contributed by atoms with E-state index >= 15 is 0 Å². The Labute approximate surface area is 140 Å². The number of hydrogen-bond acceptors (Lipinski definition) is 1. The molecule has 5 unspecified atom stereocenters. The first kappa shape index (κ1) is 18.3. The minimum atomic E-state index is 0.824. The van der Waals surface area contributed by atoms with Crippen molar-refractivity contribution in [2.45, 2.75) is 73.1 Å². The lowest BCUT2D eigenvalue weighted by atomic mass is 9.69. The molecule has 2 saturated carbocycles. The van der Waals surface area contributed by atoms with Crippen LogP contribution < -0.4 is 0 Å². The summed E-state index contributed by atoms with van der Waals surface area (Å²) in [5.74, 6) is 6.45. The smallest absolute Gasteiger partial charge is 0.000927 e. The molecular weight excluding hydrogens is 266 g/mol. The van der Waals surface area contributed by atoms with Gasteiger partial charge in [0.05, 0.1) is 0 Å². The highest BCUT2D eigenvalue weighted by molar-refractivity contribution is 4.83. The predicted octanol–water partition coefficient (Wildman–Crippen LogP) is 5.70. The molecule has 0 N–H and O–H groups in total. The van der Waals surface area contributed by atoms with Crippen LogP contribution in [0.5, 0.6) is 0 Å². The van der Waals surface area contributed by atoms with Gasteiger partial charge in [-0.15, -0.1) is 0 Å². The molecule has 0 aromatic heterocycles. The molecule has 1 heteroatoms. The van der Waals surface area contributed by atoms with Crippen molar-refractivity contribution in [3.05, 3.63) is 0 Å². The molecule has 0 aromatic carbocycles. The van der Waals surface area contributed by atoms with Crippen molar-refractivity contribution in [1.29, 1.82) is 0 Å². The van der Waals surface area contributed by atoms with Gasteiger partial charge in [0.15, 0.2) is 0 Å². The highest BCUT2D eigenvalue weighted by atomic mass is 15.1. The van der Waals surface area contributed by atoms with E-state index in [9.17, 15) is 0 Å². The lowest BCUT2D eigenvalue weighted by Gasteiger charge is -2.41. The zero-order chi connectivity index (χ0) is 16.3. The van der Waals surface area contributed by atoms with Gasteiger partial charge in [0, 0.05) is 13.1 Å². The van der Waals surface area contributed by atoms with E-state index < -0.39 is 0 Å². The van der Waals surface area contributed by atoms with Gasteiger partial charge in [0.1, 0.15) is 0 Å². The lowest BCUT2D eigenvalue weighted by Crippen LogP contribution is -2.39. The first-order chi connectivity index (χ1) is 10.4. The average molecular weight is 308 g/mol. The Morgan fingerprint density at radius 3 is 2.09 bits per heavy atom. The molecule has 1 nitrogen and oxygen atoms in total. The zero-order valence-electron chi connectivity index (χ0n) is 16.1. The van der Waals surface area contributed by atoms with Crippen LogP contribution >= 0.6 is 0 Å². The van der Waals surface area contributed by atoms with E-state index in [4.69, 9.17) is 0 Å². The Bertz CT molecular complexity index is 320. The van der Waals surface area contributed by atoms with Crippen molar-refractivity contribution < 1.29 is 0 Å². The Hall–Kier alpha value is -0.0400. The molecule has 0 aliphatic heterocycles. The third kappa shape index (κ3) is 4.73. The van der Waals surface area contributed by atoms with Crippen LogP contribution in [0.1, 0.15) is 73.1 Å². The second-order valence-corrected chi connectivity index (χ2v) is 9.31. The predicted molar refractivity (Wildman–Crippen MR) is 98.0 cm³/mol. The highest BCUT2D eigenvalue weighted by Crippen LogP contribution is 2.40. The molecule has 0 radical (unpaired) electrons. The Morgan fingerprint density at radius 1 is 1.00 bits per heavy atom. The van der Waals surface area contributed by atoms with Crippen LogP contribution in [0.2, 0.25) is 0 Å². The molecule has 0 bridgehead atoms. The van der Waals surface area contributed by atoms with E-state index in [1.54, 1.807) is 0 Å². The van der Waals surface area contributed by atoms with E-state index in [1.165, 1.54) is 51.6 Å². The van der Waals surface area contributed by atoms with E-state index in [0.717, 1.165) is 41.4 Å². The van der Waals surface area contributed by atoms with Gasteiger partial charge in [-0.05, 0) is 61.3 Å². The molecule has 22 heavy (non-hydrogen) atoms. The van der Waals surface area contributed by atoms with Crippen LogP contribution in [-0.2, 0) is 0 Å². The lowest BCUT2D eigenvalue weighted by molar-refractivity contribution is 0.0877. The quantitative estimate of drug-likeness (QED) is 0.528. The molecule has 0 heterocycles. The normalized spacial score (nSPS) is 30.0. The van der Waals surface area contributed by atoms with Crippen molar-refractivity contribution in [2.75, 3.05) is 20.1 Å².